The van der Waals surface area contributed by atoms with Crippen molar-refractivity contribution in [2.45, 2.75) is 31.9 Å². The SMILES string of the molecule is CC(C)(Cc1ccc2c(c1)OCO2)NCC(O)c1ccccc1Cl.Cl. The van der Waals surface area contributed by atoms with E-state index in [1.54, 1.807) is 6.07 Å². The van der Waals surface area contributed by atoms with Crippen molar-refractivity contribution in [1.29, 1.82) is 0 Å². The molecule has 2 N–H and O–H groups in total. The van der Waals surface area contributed by atoms with E-state index in [9.17, 15) is 5.11 Å². The third-order valence-electron chi connectivity index (χ3n) is 4.12. The molecule has 1 heterocycles. The number of aliphatic hydroxyl groups is 1. The second-order valence-corrected chi connectivity index (χ2v) is 7.07. The van der Waals surface area contributed by atoms with E-state index in [2.05, 4.69) is 19.2 Å². The Bertz CT molecular complexity index is 722. The summed E-state index contributed by atoms with van der Waals surface area (Å²) in [5, 5.41) is 14.4. The second kappa shape index (κ2) is 8.28. The highest BCUT2D eigenvalue weighted by atomic mass is 35.5. The van der Waals surface area contributed by atoms with Gasteiger partial charge in [0.15, 0.2) is 11.5 Å². The van der Waals surface area contributed by atoms with E-state index in [1.165, 1.54) is 0 Å². The molecule has 1 aliphatic heterocycles. The average Bonchev–Trinajstić information content (AvgIpc) is 3.00. The van der Waals surface area contributed by atoms with E-state index in [0.717, 1.165) is 29.0 Å². The molecule has 0 radical (unpaired) electrons. The minimum Gasteiger partial charge on any atom is -0.454 e. The van der Waals surface area contributed by atoms with Gasteiger partial charge in [-0.2, -0.15) is 0 Å². The van der Waals surface area contributed by atoms with Gasteiger partial charge in [0.25, 0.3) is 0 Å². The average molecular weight is 384 g/mol. The van der Waals surface area contributed by atoms with E-state index < -0.39 is 6.10 Å². The Kier molecular flexibility index (Phi) is 6.58. The molecule has 25 heavy (non-hydrogen) atoms. The van der Waals surface area contributed by atoms with Crippen molar-refractivity contribution in [1.82, 2.24) is 5.32 Å². The van der Waals surface area contributed by atoms with Crippen LogP contribution >= 0.6 is 24.0 Å². The van der Waals surface area contributed by atoms with Gasteiger partial charge in [-0.1, -0.05) is 35.9 Å². The quantitative estimate of drug-likeness (QED) is 0.786. The number of hydrogen-bond acceptors (Lipinski definition) is 4. The molecule has 0 spiro atoms. The number of ether oxygens (including phenoxy) is 2. The molecule has 0 aliphatic carbocycles. The molecule has 1 aliphatic rings. The van der Waals surface area contributed by atoms with Gasteiger partial charge in [0.05, 0.1) is 6.10 Å². The Balaban J connectivity index is 0.00000225. The number of aliphatic hydroxyl groups excluding tert-OH is 1. The maximum absolute atomic E-state index is 10.4. The third kappa shape index (κ3) is 5.02. The first-order chi connectivity index (χ1) is 11.4. The molecule has 0 fully saturated rings. The van der Waals surface area contributed by atoms with Crippen LogP contribution in [0, 0.1) is 0 Å². The summed E-state index contributed by atoms with van der Waals surface area (Å²) in [7, 11) is 0. The zero-order chi connectivity index (χ0) is 17.2. The molecular weight excluding hydrogens is 361 g/mol. The number of nitrogens with one attached hydrogen (secondary N) is 1. The molecule has 1 atom stereocenters. The van der Waals surface area contributed by atoms with Crippen LogP contribution in [-0.2, 0) is 6.42 Å². The number of benzene rings is 2. The van der Waals surface area contributed by atoms with Gasteiger partial charge < -0.3 is 19.9 Å². The van der Waals surface area contributed by atoms with Crippen LogP contribution in [0.5, 0.6) is 11.5 Å². The fourth-order valence-corrected chi connectivity index (χ4v) is 3.11. The lowest BCUT2D eigenvalue weighted by Crippen LogP contribution is -2.43. The molecule has 0 bridgehead atoms. The van der Waals surface area contributed by atoms with Crippen molar-refractivity contribution in [2.24, 2.45) is 0 Å². The van der Waals surface area contributed by atoms with Gasteiger partial charge in [0.2, 0.25) is 6.79 Å². The molecule has 0 saturated heterocycles. The molecule has 1 unspecified atom stereocenters. The van der Waals surface area contributed by atoms with Crippen molar-refractivity contribution < 1.29 is 14.6 Å². The largest absolute Gasteiger partial charge is 0.454 e. The zero-order valence-corrected chi connectivity index (χ0v) is 15.9. The summed E-state index contributed by atoms with van der Waals surface area (Å²) in [5.74, 6) is 1.58. The minimum atomic E-state index is -0.644. The van der Waals surface area contributed by atoms with Crippen molar-refractivity contribution in [3.8, 4) is 11.5 Å². The molecule has 0 saturated carbocycles. The standard InChI is InChI=1S/C19H22ClNO3.ClH/c1-19(2,10-13-7-8-17-18(9-13)24-12-23-17)21-11-16(22)14-5-3-4-6-15(14)20;/h3-9,16,21-22H,10-12H2,1-2H3;1H. The van der Waals surface area contributed by atoms with Crippen LogP contribution in [0.2, 0.25) is 5.02 Å². The summed E-state index contributed by atoms with van der Waals surface area (Å²) in [4.78, 5) is 0. The lowest BCUT2D eigenvalue weighted by molar-refractivity contribution is 0.161. The molecule has 0 amide bonds. The van der Waals surface area contributed by atoms with Crippen LogP contribution < -0.4 is 14.8 Å². The maximum atomic E-state index is 10.4. The van der Waals surface area contributed by atoms with E-state index in [0.29, 0.717) is 11.6 Å². The lowest BCUT2D eigenvalue weighted by atomic mass is 9.94. The Labute approximate surface area is 159 Å². The van der Waals surface area contributed by atoms with Crippen LogP contribution in [0.4, 0.5) is 0 Å². The zero-order valence-electron chi connectivity index (χ0n) is 14.3. The van der Waals surface area contributed by atoms with Gasteiger partial charge >= 0.3 is 0 Å². The minimum absolute atomic E-state index is 0. The highest BCUT2D eigenvalue weighted by Gasteiger charge is 2.22. The number of β-amino-alcohol motifs (C(OH)–C–C–N with tert-alkyl or cyclic N) is 1. The Morgan fingerprint density at radius 1 is 1.16 bits per heavy atom. The summed E-state index contributed by atoms with van der Waals surface area (Å²) >= 11 is 6.14. The summed E-state index contributed by atoms with van der Waals surface area (Å²) in [6.07, 6.45) is 0.161. The first-order valence-corrected chi connectivity index (χ1v) is 8.38. The number of halogens is 2. The summed E-state index contributed by atoms with van der Waals surface area (Å²) in [6.45, 7) is 4.93. The van der Waals surface area contributed by atoms with Crippen molar-refractivity contribution in [2.75, 3.05) is 13.3 Å². The fourth-order valence-electron chi connectivity index (χ4n) is 2.85. The van der Waals surface area contributed by atoms with Crippen LogP contribution in [0.25, 0.3) is 0 Å². The molecule has 2 aromatic rings. The number of fused-ring (bicyclic) bond motifs is 1. The van der Waals surface area contributed by atoms with E-state index in [-0.39, 0.29) is 24.7 Å². The maximum Gasteiger partial charge on any atom is 0.231 e. The van der Waals surface area contributed by atoms with Gasteiger partial charge in [-0.25, -0.2) is 0 Å². The van der Waals surface area contributed by atoms with Gasteiger partial charge in [0.1, 0.15) is 0 Å². The lowest BCUT2D eigenvalue weighted by Gasteiger charge is -2.28. The van der Waals surface area contributed by atoms with Crippen LogP contribution in [0.3, 0.4) is 0 Å². The normalized spacial score (nSPS) is 14.1. The molecule has 0 aromatic heterocycles. The van der Waals surface area contributed by atoms with Crippen molar-refractivity contribution in [3.63, 3.8) is 0 Å². The van der Waals surface area contributed by atoms with E-state index in [1.807, 2.05) is 36.4 Å². The topological polar surface area (TPSA) is 50.7 Å². The fraction of sp³-hybridized carbons (Fsp3) is 0.368. The predicted octanol–water partition coefficient (Wildman–Crippen LogP) is 4.13. The highest BCUT2D eigenvalue weighted by Crippen LogP contribution is 2.33. The van der Waals surface area contributed by atoms with E-state index in [4.69, 9.17) is 21.1 Å². The third-order valence-corrected chi connectivity index (χ3v) is 4.47. The second-order valence-electron chi connectivity index (χ2n) is 6.67. The Morgan fingerprint density at radius 2 is 1.88 bits per heavy atom. The molecule has 6 heteroatoms. The molecule has 3 rings (SSSR count). The van der Waals surface area contributed by atoms with Gasteiger partial charge in [-0.15, -0.1) is 12.4 Å². The summed E-state index contributed by atoms with van der Waals surface area (Å²) in [6, 6.07) is 13.4. The van der Waals surface area contributed by atoms with Gasteiger partial charge in [-0.3, -0.25) is 0 Å². The molecule has 4 nitrogen and oxygen atoms in total. The van der Waals surface area contributed by atoms with E-state index >= 15 is 0 Å². The van der Waals surface area contributed by atoms with Crippen molar-refractivity contribution in [3.05, 3.63) is 58.6 Å². The first-order valence-electron chi connectivity index (χ1n) is 8.01. The Hall–Kier alpha value is -1.46. The van der Waals surface area contributed by atoms with Crippen LogP contribution in [0.15, 0.2) is 42.5 Å². The highest BCUT2D eigenvalue weighted by molar-refractivity contribution is 6.31. The predicted molar refractivity (Wildman–Crippen MR) is 102 cm³/mol. The molecular formula is C19H23Cl2NO3. The number of rotatable bonds is 6. The number of hydrogen-bond donors (Lipinski definition) is 2. The monoisotopic (exact) mass is 383 g/mol. The van der Waals surface area contributed by atoms with Crippen LogP contribution in [0.1, 0.15) is 31.1 Å². The van der Waals surface area contributed by atoms with Crippen LogP contribution in [-0.4, -0.2) is 24.0 Å². The van der Waals surface area contributed by atoms with Crippen molar-refractivity contribution >= 4 is 24.0 Å². The first kappa shape index (κ1) is 19.9. The summed E-state index contributed by atoms with van der Waals surface area (Å²) in [5.41, 5.74) is 1.71. The smallest absolute Gasteiger partial charge is 0.231 e. The van der Waals surface area contributed by atoms with Gasteiger partial charge in [0, 0.05) is 22.7 Å². The molecule has 2 aromatic carbocycles. The summed E-state index contributed by atoms with van der Waals surface area (Å²) < 4.78 is 10.8. The Morgan fingerprint density at radius 3 is 2.64 bits per heavy atom. The van der Waals surface area contributed by atoms with Gasteiger partial charge in [-0.05, 0) is 44.0 Å². The molecule has 136 valence electrons.